The molecule has 88 valence electrons. The van der Waals surface area contributed by atoms with E-state index in [2.05, 4.69) is 41.4 Å². The van der Waals surface area contributed by atoms with E-state index in [0.29, 0.717) is 6.04 Å². The molecule has 2 unspecified atom stereocenters. The van der Waals surface area contributed by atoms with Gasteiger partial charge in [0, 0.05) is 19.1 Å². The number of aliphatic hydroxyl groups excluding tert-OH is 1. The van der Waals surface area contributed by atoms with Crippen molar-refractivity contribution in [3.8, 4) is 0 Å². The van der Waals surface area contributed by atoms with Gasteiger partial charge in [-0.05, 0) is 32.4 Å². The van der Waals surface area contributed by atoms with Crippen molar-refractivity contribution in [1.82, 2.24) is 0 Å². The minimum absolute atomic E-state index is 0.228. The molecule has 1 aromatic rings. The lowest BCUT2D eigenvalue weighted by atomic mass is 10.1. The van der Waals surface area contributed by atoms with E-state index in [0.717, 1.165) is 19.5 Å². The number of nitrogens with zero attached hydrogens (tertiary/aromatic N) is 1. The summed E-state index contributed by atoms with van der Waals surface area (Å²) >= 11 is 0. The van der Waals surface area contributed by atoms with Gasteiger partial charge >= 0.3 is 0 Å². The molecule has 0 fully saturated rings. The zero-order chi connectivity index (χ0) is 11.5. The molecule has 1 aliphatic heterocycles. The van der Waals surface area contributed by atoms with Crippen LogP contribution in [0.15, 0.2) is 24.3 Å². The number of nitrogens with one attached hydrogen (secondary N) is 1. The highest BCUT2D eigenvalue weighted by Crippen LogP contribution is 2.31. The van der Waals surface area contributed by atoms with Gasteiger partial charge in [-0.25, -0.2) is 0 Å². The van der Waals surface area contributed by atoms with E-state index in [1.165, 1.54) is 11.4 Å². The number of aliphatic hydroxyl groups is 1. The van der Waals surface area contributed by atoms with Gasteiger partial charge in [0.2, 0.25) is 0 Å². The molecule has 2 rings (SSSR count). The van der Waals surface area contributed by atoms with Gasteiger partial charge in [0.25, 0.3) is 0 Å². The van der Waals surface area contributed by atoms with Gasteiger partial charge in [-0.15, -0.1) is 0 Å². The van der Waals surface area contributed by atoms with Gasteiger partial charge in [-0.1, -0.05) is 12.1 Å². The fraction of sp³-hybridized carbons (Fsp3) is 0.538. The van der Waals surface area contributed by atoms with Crippen LogP contribution in [0.3, 0.4) is 0 Å². The van der Waals surface area contributed by atoms with Crippen LogP contribution in [0.5, 0.6) is 0 Å². The van der Waals surface area contributed by atoms with Crippen LogP contribution in [0.2, 0.25) is 0 Å². The Kier molecular flexibility index (Phi) is 3.34. The van der Waals surface area contributed by atoms with Crippen molar-refractivity contribution in [2.75, 3.05) is 23.3 Å². The number of hydrogen-bond acceptors (Lipinski definition) is 3. The monoisotopic (exact) mass is 220 g/mol. The SMILES string of the molecule is CC(O)CCN1c2ccccc2NCC1C. The van der Waals surface area contributed by atoms with E-state index in [1.807, 2.05) is 6.92 Å². The standard InChI is InChI=1S/C13H20N2O/c1-10-9-14-12-5-3-4-6-13(12)15(10)8-7-11(2)16/h3-6,10-11,14,16H,7-9H2,1-2H3. The number of anilines is 2. The van der Waals surface area contributed by atoms with Crippen molar-refractivity contribution in [1.29, 1.82) is 0 Å². The van der Waals surface area contributed by atoms with E-state index in [9.17, 15) is 5.11 Å². The van der Waals surface area contributed by atoms with Crippen molar-refractivity contribution >= 4 is 11.4 Å². The van der Waals surface area contributed by atoms with Crippen LogP contribution in [0.25, 0.3) is 0 Å². The van der Waals surface area contributed by atoms with Gasteiger partial charge in [0.15, 0.2) is 0 Å². The molecule has 0 amide bonds. The smallest absolute Gasteiger partial charge is 0.0605 e. The average Bonchev–Trinajstić information content (AvgIpc) is 2.27. The number of benzene rings is 1. The third-order valence-electron chi connectivity index (χ3n) is 3.12. The average molecular weight is 220 g/mol. The number of para-hydroxylation sites is 2. The molecule has 0 saturated heterocycles. The first kappa shape index (κ1) is 11.3. The second-order valence-corrected chi connectivity index (χ2v) is 4.58. The third-order valence-corrected chi connectivity index (χ3v) is 3.12. The van der Waals surface area contributed by atoms with Crippen molar-refractivity contribution in [3.05, 3.63) is 24.3 Å². The normalized spacial score (nSPS) is 21.2. The second-order valence-electron chi connectivity index (χ2n) is 4.58. The molecule has 0 bridgehead atoms. The van der Waals surface area contributed by atoms with Crippen LogP contribution in [-0.4, -0.2) is 30.3 Å². The summed E-state index contributed by atoms with van der Waals surface area (Å²) in [6, 6.07) is 8.84. The molecule has 2 N–H and O–H groups in total. The largest absolute Gasteiger partial charge is 0.393 e. The summed E-state index contributed by atoms with van der Waals surface area (Å²) in [6.45, 7) is 5.94. The number of hydrogen-bond donors (Lipinski definition) is 2. The zero-order valence-corrected chi connectivity index (χ0v) is 9.98. The lowest BCUT2D eigenvalue weighted by Crippen LogP contribution is -2.43. The third kappa shape index (κ3) is 2.30. The maximum atomic E-state index is 9.37. The minimum Gasteiger partial charge on any atom is -0.393 e. The maximum Gasteiger partial charge on any atom is 0.0605 e. The first-order valence-corrected chi connectivity index (χ1v) is 5.96. The summed E-state index contributed by atoms with van der Waals surface area (Å²) in [6.07, 6.45) is 0.591. The predicted molar refractivity (Wildman–Crippen MR) is 68.0 cm³/mol. The molecule has 0 saturated carbocycles. The summed E-state index contributed by atoms with van der Waals surface area (Å²) in [4.78, 5) is 2.37. The highest BCUT2D eigenvalue weighted by atomic mass is 16.3. The Hall–Kier alpha value is -1.22. The first-order chi connectivity index (χ1) is 7.68. The van der Waals surface area contributed by atoms with Crippen LogP contribution >= 0.6 is 0 Å². The van der Waals surface area contributed by atoms with Gasteiger partial charge in [-0.2, -0.15) is 0 Å². The van der Waals surface area contributed by atoms with Crippen LogP contribution < -0.4 is 10.2 Å². The van der Waals surface area contributed by atoms with E-state index in [-0.39, 0.29) is 6.10 Å². The van der Waals surface area contributed by atoms with E-state index < -0.39 is 0 Å². The zero-order valence-electron chi connectivity index (χ0n) is 9.98. The number of fused-ring (bicyclic) bond motifs is 1. The van der Waals surface area contributed by atoms with E-state index >= 15 is 0 Å². The Morgan fingerprint density at radius 2 is 2.25 bits per heavy atom. The molecule has 1 heterocycles. The molecule has 0 aromatic heterocycles. The molecule has 1 aromatic carbocycles. The predicted octanol–water partition coefficient (Wildman–Crippen LogP) is 2.08. The highest BCUT2D eigenvalue weighted by molar-refractivity contribution is 5.72. The summed E-state index contributed by atoms with van der Waals surface area (Å²) < 4.78 is 0. The fourth-order valence-electron chi connectivity index (χ4n) is 2.15. The molecule has 0 aliphatic carbocycles. The van der Waals surface area contributed by atoms with E-state index in [1.54, 1.807) is 0 Å². The van der Waals surface area contributed by atoms with Gasteiger partial charge < -0.3 is 15.3 Å². The summed E-state index contributed by atoms with van der Waals surface area (Å²) in [7, 11) is 0. The number of rotatable bonds is 3. The van der Waals surface area contributed by atoms with Crippen LogP contribution in [0, 0.1) is 0 Å². The van der Waals surface area contributed by atoms with Crippen molar-refractivity contribution in [3.63, 3.8) is 0 Å². The molecule has 3 heteroatoms. The molecule has 0 spiro atoms. The highest BCUT2D eigenvalue weighted by Gasteiger charge is 2.21. The van der Waals surface area contributed by atoms with Gasteiger partial charge in [0.05, 0.1) is 17.5 Å². The molecule has 1 aliphatic rings. The summed E-state index contributed by atoms with van der Waals surface area (Å²) in [5.41, 5.74) is 2.45. The lowest BCUT2D eigenvalue weighted by molar-refractivity contribution is 0.185. The van der Waals surface area contributed by atoms with E-state index in [4.69, 9.17) is 0 Å². The molecule has 16 heavy (non-hydrogen) atoms. The molecule has 0 radical (unpaired) electrons. The Morgan fingerprint density at radius 1 is 1.50 bits per heavy atom. The van der Waals surface area contributed by atoms with Crippen molar-refractivity contribution in [2.45, 2.75) is 32.4 Å². The molecule has 3 nitrogen and oxygen atoms in total. The molecular formula is C13H20N2O. The van der Waals surface area contributed by atoms with Crippen molar-refractivity contribution in [2.24, 2.45) is 0 Å². The summed E-state index contributed by atoms with van der Waals surface area (Å²) in [5, 5.41) is 12.8. The topological polar surface area (TPSA) is 35.5 Å². The van der Waals surface area contributed by atoms with Crippen LogP contribution in [0.4, 0.5) is 11.4 Å². The van der Waals surface area contributed by atoms with Gasteiger partial charge in [0.1, 0.15) is 0 Å². The van der Waals surface area contributed by atoms with Crippen molar-refractivity contribution < 1.29 is 5.11 Å². The van der Waals surface area contributed by atoms with Gasteiger partial charge in [-0.3, -0.25) is 0 Å². The Balaban J connectivity index is 2.16. The lowest BCUT2D eigenvalue weighted by Gasteiger charge is -2.38. The first-order valence-electron chi connectivity index (χ1n) is 5.96. The minimum atomic E-state index is -0.228. The Bertz CT molecular complexity index is 352. The summed E-state index contributed by atoms with van der Waals surface area (Å²) in [5.74, 6) is 0. The van der Waals surface area contributed by atoms with Crippen LogP contribution in [0.1, 0.15) is 20.3 Å². The maximum absolute atomic E-state index is 9.37. The molecular weight excluding hydrogens is 200 g/mol. The van der Waals surface area contributed by atoms with Crippen LogP contribution in [-0.2, 0) is 0 Å². The quantitative estimate of drug-likeness (QED) is 0.818. The molecule has 2 atom stereocenters. The Labute approximate surface area is 97.1 Å². The fourth-order valence-corrected chi connectivity index (χ4v) is 2.15. The Morgan fingerprint density at radius 3 is 3.00 bits per heavy atom. The second kappa shape index (κ2) is 4.74.